The Balaban J connectivity index is 1.97. The van der Waals surface area contributed by atoms with Crippen LogP contribution >= 0.6 is 0 Å². The molecule has 1 atom stereocenters. The molecule has 0 aromatic heterocycles. The molecule has 1 saturated heterocycles. The van der Waals surface area contributed by atoms with Crippen LogP contribution in [0.1, 0.15) is 26.7 Å². The molecule has 1 amide bonds. The number of piperidine rings is 1. The predicted molar refractivity (Wildman–Crippen MR) is 92.3 cm³/mol. The van der Waals surface area contributed by atoms with Crippen molar-refractivity contribution in [3.05, 3.63) is 30.3 Å². The highest BCUT2D eigenvalue weighted by Gasteiger charge is 2.33. The maximum atomic E-state index is 12.6. The Morgan fingerprint density at radius 1 is 1.16 bits per heavy atom. The van der Waals surface area contributed by atoms with Gasteiger partial charge in [-0.3, -0.25) is 4.79 Å². The van der Waals surface area contributed by atoms with Crippen LogP contribution in [0, 0.1) is 11.8 Å². The van der Waals surface area contributed by atoms with Gasteiger partial charge in [0.25, 0.3) is 0 Å². The second-order valence-electron chi connectivity index (χ2n) is 6.56. The van der Waals surface area contributed by atoms with Crippen molar-refractivity contribution in [3.8, 4) is 0 Å². The van der Waals surface area contributed by atoms with Crippen LogP contribution in [0.3, 0.4) is 0 Å². The van der Waals surface area contributed by atoms with Crippen molar-refractivity contribution in [1.82, 2.24) is 9.62 Å². The lowest BCUT2D eigenvalue weighted by atomic mass is 9.95. The van der Waals surface area contributed by atoms with Gasteiger partial charge in [-0.15, -0.1) is 0 Å². The number of sulfonamides is 1. The molecule has 1 aromatic rings. The van der Waals surface area contributed by atoms with E-state index in [0.717, 1.165) is 0 Å². The summed E-state index contributed by atoms with van der Waals surface area (Å²) in [7, 11) is -3.55. The number of rotatable bonds is 6. The number of carboxylic acids is 1. The van der Waals surface area contributed by atoms with Crippen molar-refractivity contribution < 1.29 is 23.1 Å². The highest BCUT2D eigenvalue weighted by atomic mass is 32.2. The van der Waals surface area contributed by atoms with E-state index in [2.05, 4.69) is 5.32 Å². The van der Waals surface area contributed by atoms with Crippen LogP contribution in [-0.2, 0) is 19.6 Å². The zero-order valence-electron chi connectivity index (χ0n) is 14.4. The Morgan fingerprint density at radius 3 is 2.20 bits per heavy atom. The molecule has 1 unspecified atom stereocenters. The standard InChI is InChI=1S/C17H24N2O5S/c1-12(2)15(17(21)22)18-16(20)13-8-10-19(11-9-13)25(23,24)14-6-4-3-5-7-14/h3-7,12-13,15H,8-11H2,1-2H3,(H,18,20)(H,21,22). The van der Waals surface area contributed by atoms with Crippen molar-refractivity contribution in [2.75, 3.05) is 13.1 Å². The number of nitrogens with zero attached hydrogens (tertiary/aromatic N) is 1. The van der Waals surface area contributed by atoms with Gasteiger partial charge in [-0.1, -0.05) is 32.0 Å². The molecule has 2 N–H and O–H groups in total. The topological polar surface area (TPSA) is 104 Å². The van der Waals surface area contributed by atoms with Crippen molar-refractivity contribution in [1.29, 1.82) is 0 Å². The fourth-order valence-corrected chi connectivity index (χ4v) is 4.38. The van der Waals surface area contributed by atoms with Gasteiger partial charge in [0.05, 0.1) is 4.90 Å². The number of carbonyl (C=O) groups excluding carboxylic acids is 1. The van der Waals surface area contributed by atoms with Gasteiger partial charge in [0.1, 0.15) is 6.04 Å². The maximum Gasteiger partial charge on any atom is 0.326 e. The molecule has 7 nitrogen and oxygen atoms in total. The van der Waals surface area contributed by atoms with E-state index in [-0.39, 0.29) is 35.7 Å². The lowest BCUT2D eigenvalue weighted by Gasteiger charge is -2.31. The van der Waals surface area contributed by atoms with Gasteiger partial charge in [-0.2, -0.15) is 4.31 Å². The summed E-state index contributed by atoms with van der Waals surface area (Å²) in [6.45, 7) is 3.95. The molecular weight excluding hydrogens is 344 g/mol. The number of carboxylic acid groups (broad SMARTS) is 1. The average molecular weight is 368 g/mol. The van der Waals surface area contributed by atoms with Crippen molar-refractivity contribution in [3.63, 3.8) is 0 Å². The van der Waals surface area contributed by atoms with Gasteiger partial charge in [-0.05, 0) is 30.9 Å². The van der Waals surface area contributed by atoms with Gasteiger partial charge in [0.2, 0.25) is 15.9 Å². The molecule has 0 aliphatic carbocycles. The van der Waals surface area contributed by atoms with Gasteiger partial charge in [-0.25, -0.2) is 13.2 Å². The van der Waals surface area contributed by atoms with Crippen LogP contribution in [-0.4, -0.2) is 48.8 Å². The van der Waals surface area contributed by atoms with E-state index in [1.54, 1.807) is 44.2 Å². The first-order valence-electron chi connectivity index (χ1n) is 8.32. The summed E-state index contributed by atoms with van der Waals surface area (Å²) >= 11 is 0. The zero-order valence-corrected chi connectivity index (χ0v) is 15.2. The summed E-state index contributed by atoms with van der Waals surface area (Å²) in [6.07, 6.45) is 0.755. The summed E-state index contributed by atoms with van der Waals surface area (Å²) < 4.78 is 26.5. The summed E-state index contributed by atoms with van der Waals surface area (Å²) in [5, 5.41) is 11.7. The smallest absolute Gasteiger partial charge is 0.326 e. The normalized spacial score (nSPS) is 18.0. The highest BCUT2D eigenvalue weighted by Crippen LogP contribution is 2.24. The van der Waals surface area contributed by atoms with Crippen molar-refractivity contribution in [2.45, 2.75) is 37.6 Å². The van der Waals surface area contributed by atoms with Gasteiger partial charge in [0.15, 0.2) is 0 Å². The molecule has 1 aliphatic rings. The Morgan fingerprint density at radius 2 is 1.72 bits per heavy atom. The number of carbonyl (C=O) groups is 2. The Labute approximate surface area is 148 Å². The van der Waals surface area contributed by atoms with Gasteiger partial charge >= 0.3 is 5.97 Å². The lowest BCUT2D eigenvalue weighted by molar-refractivity contribution is -0.144. The van der Waals surface area contributed by atoms with Gasteiger partial charge < -0.3 is 10.4 Å². The third-order valence-corrected chi connectivity index (χ3v) is 6.35. The van der Waals surface area contributed by atoms with Crippen LogP contribution in [0.15, 0.2) is 35.2 Å². The second-order valence-corrected chi connectivity index (χ2v) is 8.50. The predicted octanol–water partition coefficient (Wildman–Crippen LogP) is 1.31. The van der Waals surface area contributed by atoms with E-state index < -0.39 is 22.0 Å². The van der Waals surface area contributed by atoms with E-state index in [9.17, 15) is 18.0 Å². The molecule has 1 aromatic carbocycles. The van der Waals surface area contributed by atoms with Crippen LogP contribution in [0.25, 0.3) is 0 Å². The minimum Gasteiger partial charge on any atom is -0.480 e. The van der Waals surface area contributed by atoms with Crippen molar-refractivity contribution >= 4 is 21.9 Å². The molecule has 1 heterocycles. The molecule has 1 fully saturated rings. The Hall–Kier alpha value is -1.93. The first-order chi connectivity index (χ1) is 11.7. The lowest BCUT2D eigenvalue weighted by Crippen LogP contribution is -2.49. The number of amides is 1. The number of aliphatic carboxylic acids is 1. The van der Waals surface area contributed by atoms with Crippen LogP contribution in [0.4, 0.5) is 0 Å². The first-order valence-corrected chi connectivity index (χ1v) is 9.76. The van der Waals surface area contributed by atoms with Crippen molar-refractivity contribution in [2.24, 2.45) is 11.8 Å². The van der Waals surface area contributed by atoms with E-state index in [1.165, 1.54) is 4.31 Å². The molecule has 0 saturated carbocycles. The van der Waals surface area contributed by atoms with E-state index in [4.69, 9.17) is 5.11 Å². The monoisotopic (exact) mass is 368 g/mol. The molecule has 0 spiro atoms. The number of nitrogens with one attached hydrogen (secondary N) is 1. The SMILES string of the molecule is CC(C)C(NC(=O)C1CCN(S(=O)(=O)c2ccccc2)CC1)C(=O)O. The Bertz CT molecular complexity index is 710. The molecule has 1 aliphatic heterocycles. The molecule has 0 radical (unpaired) electrons. The van der Waals surface area contributed by atoms with Crippen LogP contribution in [0.5, 0.6) is 0 Å². The number of hydrogen-bond acceptors (Lipinski definition) is 4. The Kier molecular flexibility index (Phi) is 6.18. The van der Waals surface area contributed by atoms with E-state index >= 15 is 0 Å². The molecule has 8 heteroatoms. The minimum absolute atomic E-state index is 0.222. The first kappa shape index (κ1) is 19.4. The third-order valence-electron chi connectivity index (χ3n) is 4.44. The fraction of sp³-hybridized carbons (Fsp3) is 0.529. The summed E-state index contributed by atoms with van der Waals surface area (Å²) in [6, 6.07) is 7.26. The second kappa shape index (κ2) is 7.97. The maximum absolute atomic E-state index is 12.6. The number of benzene rings is 1. The molecule has 138 valence electrons. The molecule has 25 heavy (non-hydrogen) atoms. The van der Waals surface area contributed by atoms with E-state index in [1.807, 2.05) is 0 Å². The highest BCUT2D eigenvalue weighted by molar-refractivity contribution is 7.89. The quantitative estimate of drug-likeness (QED) is 0.788. The third kappa shape index (κ3) is 4.58. The molecule has 0 bridgehead atoms. The largest absolute Gasteiger partial charge is 0.480 e. The van der Waals surface area contributed by atoms with E-state index in [0.29, 0.717) is 12.8 Å². The fourth-order valence-electron chi connectivity index (χ4n) is 2.88. The minimum atomic E-state index is -3.55. The average Bonchev–Trinajstić information content (AvgIpc) is 2.59. The van der Waals surface area contributed by atoms with Crippen LogP contribution in [0.2, 0.25) is 0 Å². The molecule has 2 rings (SSSR count). The van der Waals surface area contributed by atoms with Crippen LogP contribution < -0.4 is 5.32 Å². The number of hydrogen-bond donors (Lipinski definition) is 2. The zero-order chi connectivity index (χ0) is 18.6. The summed E-state index contributed by atoms with van der Waals surface area (Å²) in [4.78, 5) is 23.7. The summed E-state index contributed by atoms with van der Waals surface area (Å²) in [5.74, 6) is -1.98. The van der Waals surface area contributed by atoms with Gasteiger partial charge in [0, 0.05) is 19.0 Å². The summed E-state index contributed by atoms with van der Waals surface area (Å²) in [5.41, 5.74) is 0. The molecular formula is C17H24N2O5S.